The SMILES string of the molecule is CCc1ccc(S(=O)(=O)N2CCCN(Cc3ccc(C(F)(F)F)cc3)CC2)cc1. The maximum absolute atomic E-state index is 12.9. The van der Waals surface area contributed by atoms with E-state index in [2.05, 4.69) is 4.90 Å². The molecule has 2 aromatic rings. The van der Waals surface area contributed by atoms with E-state index in [1.54, 1.807) is 12.1 Å². The first kappa shape index (κ1) is 21.8. The number of sulfonamides is 1. The minimum absolute atomic E-state index is 0.297. The van der Waals surface area contributed by atoms with Crippen LogP contribution in [0.25, 0.3) is 0 Å². The van der Waals surface area contributed by atoms with Gasteiger partial charge < -0.3 is 0 Å². The van der Waals surface area contributed by atoms with Gasteiger partial charge in [-0.15, -0.1) is 0 Å². The molecule has 1 heterocycles. The van der Waals surface area contributed by atoms with E-state index in [1.807, 2.05) is 19.1 Å². The Kier molecular flexibility index (Phi) is 6.65. The van der Waals surface area contributed by atoms with Crippen LogP contribution < -0.4 is 0 Å². The zero-order valence-electron chi connectivity index (χ0n) is 16.3. The summed E-state index contributed by atoms with van der Waals surface area (Å²) in [5.74, 6) is 0. The molecule has 0 atom stereocenters. The van der Waals surface area contributed by atoms with Gasteiger partial charge in [0, 0.05) is 26.2 Å². The molecule has 29 heavy (non-hydrogen) atoms. The number of alkyl halides is 3. The molecule has 8 heteroatoms. The Morgan fingerprint density at radius 3 is 2.07 bits per heavy atom. The molecule has 0 unspecified atom stereocenters. The summed E-state index contributed by atoms with van der Waals surface area (Å²) >= 11 is 0. The Morgan fingerprint density at radius 1 is 0.862 bits per heavy atom. The third-order valence-electron chi connectivity index (χ3n) is 5.20. The number of halogens is 3. The van der Waals surface area contributed by atoms with Crippen molar-refractivity contribution < 1.29 is 21.6 Å². The highest BCUT2D eigenvalue weighted by atomic mass is 32.2. The minimum Gasteiger partial charge on any atom is -0.298 e. The topological polar surface area (TPSA) is 40.6 Å². The first-order valence-electron chi connectivity index (χ1n) is 9.68. The van der Waals surface area contributed by atoms with Crippen molar-refractivity contribution in [3.05, 3.63) is 65.2 Å². The van der Waals surface area contributed by atoms with Crippen molar-refractivity contribution in [3.8, 4) is 0 Å². The van der Waals surface area contributed by atoms with Crippen LogP contribution in [-0.2, 0) is 29.2 Å². The summed E-state index contributed by atoms with van der Waals surface area (Å²) in [6, 6.07) is 12.1. The zero-order chi connectivity index (χ0) is 21.1. The standard InChI is InChI=1S/C21H25F3N2O2S/c1-2-17-6-10-20(11-7-17)29(27,28)26-13-3-12-25(14-15-26)16-18-4-8-19(9-5-18)21(22,23)24/h4-11H,2-3,12-16H2,1H3. The Labute approximate surface area is 170 Å². The molecule has 3 rings (SSSR count). The van der Waals surface area contributed by atoms with E-state index in [0.29, 0.717) is 44.0 Å². The number of rotatable bonds is 5. The van der Waals surface area contributed by atoms with Crippen LogP contribution in [0, 0.1) is 0 Å². The second-order valence-corrected chi connectivity index (χ2v) is 9.16. The van der Waals surface area contributed by atoms with Crippen molar-refractivity contribution in [1.82, 2.24) is 9.21 Å². The summed E-state index contributed by atoms with van der Waals surface area (Å²) < 4.78 is 65.5. The average Bonchev–Trinajstić information content (AvgIpc) is 2.94. The molecule has 0 bridgehead atoms. The smallest absolute Gasteiger partial charge is 0.298 e. The third kappa shape index (κ3) is 5.38. The lowest BCUT2D eigenvalue weighted by Crippen LogP contribution is -2.35. The van der Waals surface area contributed by atoms with Gasteiger partial charge in [-0.1, -0.05) is 31.2 Å². The molecular formula is C21H25F3N2O2S. The highest BCUT2D eigenvalue weighted by molar-refractivity contribution is 7.89. The molecule has 1 aliphatic rings. The van der Waals surface area contributed by atoms with Crippen molar-refractivity contribution in [3.63, 3.8) is 0 Å². The fraction of sp³-hybridized carbons (Fsp3) is 0.429. The van der Waals surface area contributed by atoms with E-state index in [0.717, 1.165) is 29.7 Å². The lowest BCUT2D eigenvalue weighted by atomic mass is 10.1. The fourth-order valence-electron chi connectivity index (χ4n) is 3.45. The molecule has 1 saturated heterocycles. The van der Waals surface area contributed by atoms with Crippen LogP contribution in [0.5, 0.6) is 0 Å². The van der Waals surface area contributed by atoms with Gasteiger partial charge in [-0.05, 0) is 54.8 Å². The van der Waals surface area contributed by atoms with Gasteiger partial charge in [0.15, 0.2) is 0 Å². The van der Waals surface area contributed by atoms with Crippen LogP contribution >= 0.6 is 0 Å². The van der Waals surface area contributed by atoms with Gasteiger partial charge in [0.2, 0.25) is 10.0 Å². The van der Waals surface area contributed by atoms with E-state index in [-0.39, 0.29) is 0 Å². The number of hydrogen-bond donors (Lipinski definition) is 0. The van der Waals surface area contributed by atoms with Crippen LogP contribution in [-0.4, -0.2) is 43.8 Å². The highest BCUT2D eigenvalue weighted by Gasteiger charge is 2.30. The summed E-state index contributed by atoms with van der Waals surface area (Å²) in [6.45, 7) is 4.54. The summed E-state index contributed by atoms with van der Waals surface area (Å²) in [6.07, 6.45) is -2.82. The van der Waals surface area contributed by atoms with E-state index >= 15 is 0 Å². The van der Waals surface area contributed by atoms with Gasteiger partial charge in [0.05, 0.1) is 10.5 Å². The summed E-state index contributed by atoms with van der Waals surface area (Å²) in [5, 5.41) is 0. The monoisotopic (exact) mass is 426 g/mol. The predicted octanol–water partition coefficient (Wildman–Crippen LogP) is 4.16. The number of hydrogen-bond acceptors (Lipinski definition) is 3. The van der Waals surface area contributed by atoms with E-state index in [4.69, 9.17) is 0 Å². The first-order chi connectivity index (χ1) is 13.7. The predicted molar refractivity (Wildman–Crippen MR) is 106 cm³/mol. The largest absolute Gasteiger partial charge is 0.416 e. The molecule has 1 fully saturated rings. The maximum Gasteiger partial charge on any atom is 0.416 e. The molecule has 158 valence electrons. The Balaban J connectivity index is 1.63. The molecule has 0 aliphatic carbocycles. The van der Waals surface area contributed by atoms with Crippen LogP contribution in [0.15, 0.2) is 53.4 Å². The van der Waals surface area contributed by atoms with E-state index < -0.39 is 21.8 Å². The first-order valence-corrected chi connectivity index (χ1v) is 11.1. The van der Waals surface area contributed by atoms with Gasteiger partial charge in [0.25, 0.3) is 0 Å². The minimum atomic E-state index is -4.34. The summed E-state index contributed by atoms with van der Waals surface area (Å²) in [7, 11) is -3.55. The molecule has 0 spiro atoms. The van der Waals surface area contributed by atoms with Crippen molar-refractivity contribution in [1.29, 1.82) is 0 Å². The van der Waals surface area contributed by atoms with Crippen molar-refractivity contribution in [2.24, 2.45) is 0 Å². The molecule has 0 N–H and O–H groups in total. The molecule has 0 aromatic heterocycles. The number of aryl methyl sites for hydroxylation is 1. The van der Waals surface area contributed by atoms with E-state index in [1.165, 1.54) is 16.4 Å². The molecular weight excluding hydrogens is 401 g/mol. The van der Waals surface area contributed by atoms with Gasteiger partial charge in [-0.2, -0.15) is 17.5 Å². The summed E-state index contributed by atoms with van der Waals surface area (Å²) in [5.41, 5.74) is 1.20. The number of benzene rings is 2. The normalized spacial score (nSPS) is 17.2. The van der Waals surface area contributed by atoms with Crippen LogP contribution in [0.1, 0.15) is 30.0 Å². The lowest BCUT2D eigenvalue weighted by Gasteiger charge is -2.22. The van der Waals surface area contributed by atoms with Gasteiger partial charge in [-0.25, -0.2) is 8.42 Å². The molecule has 2 aromatic carbocycles. The molecule has 0 saturated carbocycles. The van der Waals surface area contributed by atoms with Crippen LogP contribution in [0.2, 0.25) is 0 Å². The van der Waals surface area contributed by atoms with Crippen molar-refractivity contribution in [2.45, 2.75) is 37.4 Å². The second kappa shape index (κ2) is 8.85. The van der Waals surface area contributed by atoms with Crippen LogP contribution in [0.3, 0.4) is 0 Å². The Morgan fingerprint density at radius 2 is 1.48 bits per heavy atom. The molecule has 4 nitrogen and oxygen atoms in total. The van der Waals surface area contributed by atoms with E-state index in [9.17, 15) is 21.6 Å². The van der Waals surface area contributed by atoms with Crippen molar-refractivity contribution >= 4 is 10.0 Å². The van der Waals surface area contributed by atoms with Gasteiger partial charge in [-0.3, -0.25) is 4.90 Å². The Bertz CT molecular complexity index is 910. The average molecular weight is 427 g/mol. The van der Waals surface area contributed by atoms with Gasteiger partial charge >= 0.3 is 6.18 Å². The zero-order valence-corrected chi connectivity index (χ0v) is 17.1. The highest BCUT2D eigenvalue weighted by Crippen LogP contribution is 2.29. The lowest BCUT2D eigenvalue weighted by molar-refractivity contribution is -0.137. The molecule has 1 aliphatic heterocycles. The quantitative estimate of drug-likeness (QED) is 0.721. The molecule has 0 radical (unpaired) electrons. The maximum atomic E-state index is 12.9. The van der Waals surface area contributed by atoms with Crippen LogP contribution in [0.4, 0.5) is 13.2 Å². The third-order valence-corrected chi connectivity index (χ3v) is 7.12. The van der Waals surface area contributed by atoms with Gasteiger partial charge in [0.1, 0.15) is 0 Å². The summed E-state index contributed by atoms with van der Waals surface area (Å²) in [4.78, 5) is 2.38. The second-order valence-electron chi connectivity index (χ2n) is 7.23. The fourth-order valence-corrected chi connectivity index (χ4v) is 4.92. The number of nitrogens with zero attached hydrogens (tertiary/aromatic N) is 2. The molecule has 0 amide bonds. The Hall–Kier alpha value is -1.90. The van der Waals surface area contributed by atoms with Crippen molar-refractivity contribution in [2.75, 3.05) is 26.2 Å².